The van der Waals surface area contributed by atoms with Gasteiger partial charge in [-0.1, -0.05) is 6.07 Å². The topological polar surface area (TPSA) is 57.8 Å². The number of piperazine rings is 1. The van der Waals surface area contributed by atoms with Crippen LogP contribution < -0.4 is 9.47 Å². The Hall–Kier alpha value is -2.99. The summed E-state index contributed by atoms with van der Waals surface area (Å²) in [5.74, 6) is 1.82. The number of hydrogen-bond donors (Lipinski definition) is 1. The smallest absolute Gasteiger partial charge is 0.253 e. The molecule has 0 saturated carbocycles. The van der Waals surface area contributed by atoms with Crippen molar-refractivity contribution in [3.63, 3.8) is 0 Å². The number of ether oxygens (including phenoxy) is 2. The zero-order chi connectivity index (χ0) is 21.5. The van der Waals surface area contributed by atoms with Crippen molar-refractivity contribution in [1.29, 1.82) is 0 Å². The molecule has 1 aromatic heterocycles. The third-order valence-electron chi connectivity index (χ3n) is 7.02. The summed E-state index contributed by atoms with van der Waals surface area (Å²) in [5.41, 5.74) is 5.98. The quantitative estimate of drug-likeness (QED) is 0.686. The van der Waals surface area contributed by atoms with Gasteiger partial charge in [0.05, 0.1) is 0 Å². The van der Waals surface area contributed by atoms with Crippen molar-refractivity contribution >= 4 is 16.8 Å². The summed E-state index contributed by atoms with van der Waals surface area (Å²) in [7, 11) is 0. The molecule has 0 radical (unpaired) electrons. The van der Waals surface area contributed by atoms with Gasteiger partial charge in [-0.15, -0.1) is 0 Å². The predicted octanol–water partition coefficient (Wildman–Crippen LogP) is 3.78. The molecule has 1 saturated heterocycles. The number of aromatic nitrogens is 1. The summed E-state index contributed by atoms with van der Waals surface area (Å²) in [4.78, 5) is 21.2. The van der Waals surface area contributed by atoms with E-state index < -0.39 is 0 Å². The number of carbonyl (C=O) groups excluding carboxylic acids is 1. The molecule has 6 rings (SSSR count). The molecule has 1 fully saturated rings. The summed E-state index contributed by atoms with van der Waals surface area (Å²) in [6, 6.07) is 12.4. The lowest BCUT2D eigenvalue weighted by molar-refractivity contribution is 0.0628. The number of aromatic amines is 1. The first-order chi connectivity index (χ1) is 15.7. The lowest BCUT2D eigenvalue weighted by atomic mass is 9.95. The second-order valence-electron chi connectivity index (χ2n) is 9.10. The van der Waals surface area contributed by atoms with Gasteiger partial charge in [0.1, 0.15) is 13.2 Å². The maximum Gasteiger partial charge on any atom is 0.253 e. The minimum Gasteiger partial charge on any atom is -0.486 e. The molecule has 2 aliphatic heterocycles. The Balaban J connectivity index is 1.11. The van der Waals surface area contributed by atoms with E-state index in [1.807, 2.05) is 17.0 Å². The number of carbonyl (C=O) groups is 1. The van der Waals surface area contributed by atoms with Gasteiger partial charge in [0.25, 0.3) is 5.91 Å². The van der Waals surface area contributed by atoms with Crippen molar-refractivity contribution < 1.29 is 14.3 Å². The zero-order valence-electron chi connectivity index (χ0n) is 18.4. The van der Waals surface area contributed by atoms with Gasteiger partial charge in [0.2, 0.25) is 0 Å². The molecule has 3 heterocycles. The molecular formula is C26H29N3O3. The number of fused-ring (bicyclic) bond motifs is 4. The summed E-state index contributed by atoms with van der Waals surface area (Å²) in [5, 5.41) is 1.24. The Morgan fingerprint density at radius 1 is 0.906 bits per heavy atom. The van der Waals surface area contributed by atoms with Gasteiger partial charge in [-0.25, -0.2) is 0 Å². The third kappa shape index (κ3) is 3.62. The molecule has 3 aliphatic rings. The van der Waals surface area contributed by atoms with Crippen LogP contribution >= 0.6 is 0 Å². The number of rotatable bonds is 3. The Bertz CT molecular complexity index is 1160. The zero-order valence-corrected chi connectivity index (χ0v) is 18.4. The van der Waals surface area contributed by atoms with Gasteiger partial charge in [-0.05, 0) is 67.1 Å². The Morgan fingerprint density at radius 2 is 1.72 bits per heavy atom. The molecule has 3 aromatic rings. The fourth-order valence-electron chi connectivity index (χ4n) is 5.27. The van der Waals surface area contributed by atoms with Gasteiger partial charge in [0, 0.05) is 54.9 Å². The first-order valence-corrected chi connectivity index (χ1v) is 11.8. The van der Waals surface area contributed by atoms with E-state index in [0.717, 1.165) is 68.1 Å². The van der Waals surface area contributed by atoms with Crippen molar-refractivity contribution in [2.24, 2.45) is 0 Å². The maximum absolute atomic E-state index is 13.2. The first kappa shape index (κ1) is 19.7. The van der Waals surface area contributed by atoms with Crippen molar-refractivity contribution in [3.8, 4) is 11.5 Å². The molecule has 0 spiro atoms. The maximum atomic E-state index is 13.2. The second-order valence-corrected chi connectivity index (χ2v) is 9.10. The molecule has 6 heteroatoms. The minimum absolute atomic E-state index is 0.150. The van der Waals surface area contributed by atoms with Gasteiger partial charge in [0.15, 0.2) is 11.5 Å². The van der Waals surface area contributed by atoms with Crippen LogP contribution in [0, 0.1) is 0 Å². The van der Waals surface area contributed by atoms with Crippen LogP contribution in [0.3, 0.4) is 0 Å². The molecule has 32 heavy (non-hydrogen) atoms. The summed E-state index contributed by atoms with van der Waals surface area (Å²) < 4.78 is 11.3. The Labute approximate surface area is 188 Å². The van der Waals surface area contributed by atoms with Crippen LogP contribution in [0.5, 0.6) is 11.5 Å². The number of nitrogens with zero attached hydrogens (tertiary/aromatic N) is 2. The van der Waals surface area contributed by atoms with Gasteiger partial charge >= 0.3 is 0 Å². The van der Waals surface area contributed by atoms with Crippen LogP contribution in [0.25, 0.3) is 10.9 Å². The van der Waals surface area contributed by atoms with Crippen LogP contribution in [0.15, 0.2) is 36.4 Å². The van der Waals surface area contributed by atoms with Crippen LogP contribution in [0.4, 0.5) is 0 Å². The molecule has 0 unspecified atom stereocenters. The molecule has 166 valence electrons. The van der Waals surface area contributed by atoms with Gasteiger partial charge in [-0.2, -0.15) is 0 Å². The van der Waals surface area contributed by atoms with Crippen LogP contribution in [-0.2, 0) is 19.4 Å². The van der Waals surface area contributed by atoms with Crippen molar-refractivity contribution in [1.82, 2.24) is 14.8 Å². The van der Waals surface area contributed by atoms with E-state index in [1.165, 1.54) is 35.0 Å². The first-order valence-electron chi connectivity index (χ1n) is 11.8. The molecule has 2 aromatic carbocycles. The molecule has 1 amide bonds. The predicted molar refractivity (Wildman–Crippen MR) is 124 cm³/mol. The van der Waals surface area contributed by atoms with E-state index in [9.17, 15) is 4.79 Å². The highest BCUT2D eigenvalue weighted by Gasteiger charge is 2.24. The Morgan fingerprint density at radius 3 is 2.59 bits per heavy atom. The number of H-pyrrole nitrogens is 1. The average molecular weight is 432 g/mol. The lowest BCUT2D eigenvalue weighted by Crippen LogP contribution is -2.48. The van der Waals surface area contributed by atoms with E-state index in [-0.39, 0.29) is 5.91 Å². The standard InChI is InChI=1S/C26H29N3O3/c30-26(19-6-7-23-21(16-19)20-3-1-2-4-22(20)27-23)29-11-9-28(10-12-29)17-18-5-8-24-25(15-18)32-14-13-31-24/h5-8,15-16,27H,1-4,9-14,17H2. The molecule has 1 aliphatic carbocycles. The molecule has 6 nitrogen and oxygen atoms in total. The van der Waals surface area contributed by atoms with Crippen LogP contribution in [0.2, 0.25) is 0 Å². The van der Waals surface area contributed by atoms with Crippen LogP contribution in [0.1, 0.15) is 40.0 Å². The largest absolute Gasteiger partial charge is 0.486 e. The number of aryl methyl sites for hydroxylation is 2. The molecule has 0 bridgehead atoms. The van der Waals surface area contributed by atoms with Crippen molar-refractivity contribution in [3.05, 3.63) is 58.8 Å². The number of hydrogen-bond acceptors (Lipinski definition) is 4. The van der Waals surface area contributed by atoms with Crippen molar-refractivity contribution in [2.45, 2.75) is 32.2 Å². The van der Waals surface area contributed by atoms with E-state index >= 15 is 0 Å². The minimum atomic E-state index is 0.150. The van der Waals surface area contributed by atoms with E-state index in [0.29, 0.717) is 13.2 Å². The van der Waals surface area contributed by atoms with Crippen molar-refractivity contribution in [2.75, 3.05) is 39.4 Å². The molecule has 0 atom stereocenters. The summed E-state index contributed by atoms with van der Waals surface area (Å²) >= 11 is 0. The van der Waals surface area contributed by atoms with Gasteiger partial charge in [-0.3, -0.25) is 9.69 Å². The number of amides is 1. The number of nitrogens with one attached hydrogen (secondary N) is 1. The van der Waals surface area contributed by atoms with Crippen LogP contribution in [-0.4, -0.2) is 60.1 Å². The normalized spacial score (nSPS) is 18.6. The highest BCUT2D eigenvalue weighted by Crippen LogP contribution is 2.32. The second kappa shape index (κ2) is 8.17. The molecule has 1 N–H and O–H groups in total. The number of benzene rings is 2. The SMILES string of the molecule is O=C(c1ccc2[nH]c3c(c2c1)CCCC3)N1CCN(Cc2ccc3c(c2)OCCO3)CC1. The molecular weight excluding hydrogens is 402 g/mol. The Kier molecular flexibility index (Phi) is 5.02. The van der Waals surface area contributed by atoms with E-state index in [4.69, 9.17) is 9.47 Å². The third-order valence-corrected chi connectivity index (χ3v) is 7.02. The highest BCUT2D eigenvalue weighted by molar-refractivity contribution is 5.99. The lowest BCUT2D eigenvalue weighted by Gasteiger charge is -2.35. The highest BCUT2D eigenvalue weighted by atomic mass is 16.6. The summed E-state index contributed by atoms with van der Waals surface area (Å²) in [6.07, 6.45) is 4.73. The fourth-order valence-corrected chi connectivity index (χ4v) is 5.27. The van der Waals surface area contributed by atoms with E-state index in [2.05, 4.69) is 34.1 Å². The monoisotopic (exact) mass is 431 g/mol. The van der Waals surface area contributed by atoms with E-state index in [1.54, 1.807) is 0 Å². The van der Waals surface area contributed by atoms with Gasteiger partial charge < -0.3 is 19.4 Å². The summed E-state index contributed by atoms with van der Waals surface area (Å²) in [6.45, 7) is 5.35. The average Bonchev–Trinajstić information content (AvgIpc) is 3.22. The fraction of sp³-hybridized carbons (Fsp3) is 0.423.